The van der Waals surface area contributed by atoms with Gasteiger partial charge in [0.25, 0.3) is 5.69 Å². The lowest BCUT2D eigenvalue weighted by atomic mass is 10.1. The maximum absolute atomic E-state index is 12.1. The Hall–Kier alpha value is -3.29. The molecule has 1 aliphatic rings. The summed E-state index contributed by atoms with van der Waals surface area (Å²) in [4.78, 5) is 22.4. The van der Waals surface area contributed by atoms with Crippen molar-refractivity contribution in [3.63, 3.8) is 0 Å². The van der Waals surface area contributed by atoms with Crippen LogP contribution in [0.1, 0.15) is 18.5 Å². The predicted octanol–water partition coefficient (Wildman–Crippen LogP) is 2.61. The summed E-state index contributed by atoms with van der Waals surface area (Å²) in [6.07, 6.45) is 0. The molecule has 0 saturated carbocycles. The van der Waals surface area contributed by atoms with Crippen LogP contribution in [0, 0.1) is 10.1 Å². The summed E-state index contributed by atoms with van der Waals surface area (Å²) in [5.41, 5.74) is 1.38. The van der Waals surface area contributed by atoms with Crippen LogP contribution in [0.25, 0.3) is 0 Å². The largest absolute Gasteiger partial charge is 0.454 e. The van der Waals surface area contributed by atoms with E-state index in [1.54, 1.807) is 12.1 Å². The molecule has 1 atom stereocenters. The Bertz CT molecular complexity index is 809. The van der Waals surface area contributed by atoms with Gasteiger partial charge in [-0.3, -0.25) is 14.9 Å². The number of nitro benzene ring substituents is 1. The molecule has 0 bridgehead atoms. The van der Waals surface area contributed by atoms with Gasteiger partial charge in [0.05, 0.1) is 17.5 Å². The summed E-state index contributed by atoms with van der Waals surface area (Å²) in [7, 11) is 0. The van der Waals surface area contributed by atoms with Crippen molar-refractivity contribution in [3.8, 4) is 11.5 Å². The molecule has 130 valence electrons. The van der Waals surface area contributed by atoms with Crippen molar-refractivity contribution >= 4 is 17.3 Å². The average molecular weight is 343 g/mol. The van der Waals surface area contributed by atoms with Gasteiger partial charge in [-0.25, -0.2) is 0 Å². The SMILES string of the molecule is C[C@@H](NC(=O)CNc1cccc([N+](=O)[O-])c1)c1ccc2c(c1)OCO2. The van der Waals surface area contributed by atoms with Crippen molar-refractivity contribution in [2.45, 2.75) is 13.0 Å². The molecule has 1 heterocycles. The first-order valence-electron chi connectivity index (χ1n) is 7.70. The second-order valence-corrected chi connectivity index (χ2v) is 5.56. The highest BCUT2D eigenvalue weighted by atomic mass is 16.7. The Morgan fingerprint density at radius 2 is 2.04 bits per heavy atom. The van der Waals surface area contributed by atoms with E-state index in [9.17, 15) is 14.9 Å². The molecule has 25 heavy (non-hydrogen) atoms. The molecular formula is C17H17N3O5. The number of fused-ring (bicyclic) bond motifs is 1. The fourth-order valence-electron chi connectivity index (χ4n) is 2.47. The smallest absolute Gasteiger partial charge is 0.271 e. The van der Waals surface area contributed by atoms with Gasteiger partial charge in [-0.2, -0.15) is 0 Å². The summed E-state index contributed by atoms with van der Waals surface area (Å²) in [6.45, 7) is 2.07. The molecule has 0 spiro atoms. The average Bonchev–Trinajstić information content (AvgIpc) is 3.07. The van der Waals surface area contributed by atoms with Gasteiger partial charge in [0.15, 0.2) is 11.5 Å². The predicted molar refractivity (Wildman–Crippen MR) is 90.7 cm³/mol. The fraction of sp³-hybridized carbons (Fsp3) is 0.235. The van der Waals surface area contributed by atoms with Gasteiger partial charge in [0.2, 0.25) is 12.7 Å². The zero-order chi connectivity index (χ0) is 17.8. The van der Waals surface area contributed by atoms with Crippen molar-refractivity contribution in [1.29, 1.82) is 0 Å². The highest BCUT2D eigenvalue weighted by Gasteiger charge is 2.17. The number of carbonyl (C=O) groups is 1. The summed E-state index contributed by atoms with van der Waals surface area (Å²) in [6, 6.07) is 11.3. The van der Waals surface area contributed by atoms with Crippen molar-refractivity contribution in [2.24, 2.45) is 0 Å². The lowest BCUT2D eigenvalue weighted by Crippen LogP contribution is -2.32. The van der Waals surface area contributed by atoms with Crippen LogP contribution in [0.5, 0.6) is 11.5 Å². The molecule has 0 fully saturated rings. The van der Waals surface area contributed by atoms with E-state index in [2.05, 4.69) is 10.6 Å². The van der Waals surface area contributed by atoms with Gasteiger partial charge >= 0.3 is 0 Å². The van der Waals surface area contributed by atoms with Crippen LogP contribution >= 0.6 is 0 Å². The van der Waals surface area contributed by atoms with Gasteiger partial charge in [0.1, 0.15) is 0 Å². The third-order valence-corrected chi connectivity index (χ3v) is 3.78. The van der Waals surface area contributed by atoms with Gasteiger partial charge in [0, 0.05) is 17.8 Å². The van der Waals surface area contributed by atoms with Crippen LogP contribution in [0.2, 0.25) is 0 Å². The molecule has 0 radical (unpaired) electrons. The number of ether oxygens (including phenoxy) is 2. The second kappa shape index (κ2) is 7.08. The molecule has 2 aromatic carbocycles. The van der Waals surface area contributed by atoms with Gasteiger partial charge in [-0.15, -0.1) is 0 Å². The van der Waals surface area contributed by atoms with Crippen molar-refractivity contribution in [1.82, 2.24) is 5.32 Å². The quantitative estimate of drug-likeness (QED) is 0.617. The number of nitrogens with zero attached hydrogens (tertiary/aromatic N) is 1. The van der Waals surface area contributed by atoms with E-state index >= 15 is 0 Å². The third kappa shape index (κ3) is 3.97. The zero-order valence-corrected chi connectivity index (χ0v) is 13.5. The monoisotopic (exact) mass is 343 g/mol. The Balaban J connectivity index is 1.55. The molecule has 0 aliphatic carbocycles. The first-order valence-corrected chi connectivity index (χ1v) is 7.70. The molecule has 1 aliphatic heterocycles. The molecular weight excluding hydrogens is 326 g/mol. The normalized spacial score (nSPS) is 13.2. The summed E-state index contributed by atoms with van der Waals surface area (Å²) >= 11 is 0. The van der Waals surface area contributed by atoms with E-state index < -0.39 is 4.92 Å². The van der Waals surface area contributed by atoms with Crippen molar-refractivity contribution < 1.29 is 19.2 Å². The molecule has 3 rings (SSSR count). The van der Waals surface area contributed by atoms with E-state index in [4.69, 9.17) is 9.47 Å². The summed E-state index contributed by atoms with van der Waals surface area (Å²) in [5.74, 6) is 1.12. The van der Waals surface area contributed by atoms with E-state index in [1.165, 1.54) is 12.1 Å². The van der Waals surface area contributed by atoms with Crippen LogP contribution in [-0.4, -0.2) is 24.2 Å². The van der Waals surface area contributed by atoms with Gasteiger partial charge in [-0.05, 0) is 30.7 Å². The summed E-state index contributed by atoms with van der Waals surface area (Å²) < 4.78 is 10.6. The molecule has 2 aromatic rings. The Morgan fingerprint density at radius 1 is 1.24 bits per heavy atom. The highest BCUT2D eigenvalue weighted by molar-refractivity contribution is 5.81. The Morgan fingerprint density at radius 3 is 2.84 bits per heavy atom. The highest BCUT2D eigenvalue weighted by Crippen LogP contribution is 2.34. The molecule has 8 nitrogen and oxygen atoms in total. The molecule has 1 amide bonds. The van der Waals surface area contributed by atoms with Crippen molar-refractivity contribution in [2.75, 3.05) is 18.7 Å². The number of benzene rings is 2. The number of amides is 1. The van der Waals surface area contributed by atoms with Crippen LogP contribution in [-0.2, 0) is 4.79 Å². The van der Waals surface area contributed by atoms with Crippen molar-refractivity contribution in [3.05, 3.63) is 58.1 Å². The van der Waals surface area contributed by atoms with Crippen LogP contribution < -0.4 is 20.1 Å². The first-order chi connectivity index (χ1) is 12.0. The first kappa shape index (κ1) is 16.6. The minimum absolute atomic E-state index is 0.00998. The number of carbonyl (C=O) groups excluding carboxylic acids is 1. The lowest BCUT2D eigenvalue weighted by Gasteiger charge is -2.15. The minimum atomic E-state index is -0.479. The van der Waals surface area contributed by atoms with E-state index in [0.717, 1.165) is 5.56 Å². The maximum Gasteiger partial charge on any atom is 0.271 e. The third-order valence-electron chi connectivity index (χ3n) is 3.78. The molecule has 0 aromatic heterocycles. The number of nitro groups is 1. The molecule has 2 N–H and O–H groups in total. The standard InChI is InChI=1S/C17H17N3O5/c1-11(12-5-6-15-16(7-12)25-10-24-15)19-17(21)9-18-13-3-2-4-14(8-13)20(22)23/h2-8,11,18H,9-10H2,1H3,(H,19,21)/t11-/m1/s1. The molecule has 0 saturated heterocycles. The number of rotatable bonds is 6. The molecule has 0 unspecified atom stereocenters. The lowest BCUT2D eigenvalue weighted by molar-refractivity contribution is -0.384. The summed E-state index contributed by atoms with van der Waals surface area (Å²) in [5, 5.41) is 16.5. The number of non-ortho nitro benzene ring substituents is 1. The Kier molecular flexibility index (Phi) is 4.69. The minimum Gasteiger partial charge on any atom is -0.454 e. The van der Waals surface area contributed by atoms with Crippen LogP contribution in [0.3, 0.4) is 0 Å². The Labute approximate surface area is 143 Å². The zero-order valence-electron chi connectivity index (χ0n) is 13.5. The molecule has 8 heteroatoms. The number of hydrogen-bond acceptors (Lipinski definition) is 6. The van der Waals surface area contributed by atoms with Crippen LogP contribution in [0.4, 0.5) is 11.4 Å². The maximum atomic E-state index is 12.1. The fourth-order valence-corrected chi connectivity index (χ4v) is 2.47. The second-order valence-electron chi connectivity index (χ2n) is 5.56. The van der Waals surface area contributed by atoms with E-state index in [1.807, 2.05) is 25.1 Å². The van der Waals surface area contributed by atoms with E-state index in [-0.39, 0.29) is 31.0 Å². The van der Waals surface area contributed by atoms with Crippen LogP contribution in [0.15, 0.2) is 42.5 Å². The topological polar surface area (TPSA) is 103 Å². The number of anilines is 1. The number of hydrogen-bond donors (Lipinski definition) is 2. The number of nitrogens with one attached hydrogen (secondary N) is 2. The van der Waals surface area contributed by atoms with E-state index in [0.29, 0.717) is 17.2 Å². The van der Waals surface area contributed by atoms with Gasteiger partial charge in [-0.1, -0.05) is 12.1 Å². The van der Waals surface area contributed by atoms with Gasteiger partial charge < -0.3 is 20.1 Å².